The van der Waals surface area contributed by atoms with E-state index < -0.39 is 34.0 Å². The van der Waals surface area contributed by atoms with Crippen molar-refractivity contribution in [3.63, 3.8) is 0 Å². The molecular weight excluding hydrogens is 613 g/mol. The molecule has 0 unspecified atom stereocenters. The molecule has 1 amide bonds. The third-order valence-corrected chi connectivity index (χ3v) is 10.3. The summed E-state index contributed by atoms with van der Waals surface area (Å²) in [7, 11) is -3.93. The Morgan fingerprint density at radius 3 is 2.31 bits per heavy atom. The van der Waals surface area contributed by atoms with Gasteiger partial charge in [-0.1, -0.05) is 42.5 Å². The summed E-state index contributed by atoms with van der Waals surface area (Å²) in [5.74, 6) is -1.94. The van der Waals surface area contributed by atoms with Gasteiger partial charge >= 0.3 is 11.9 Å². The summed E-state index contributed by atoms with van der Waals surface area (Å²) in [6.45, 7) is 5.64. The molecule has 0 fully saturated rings. The van der Waals surface area contributed by atoms with Crippen LogP contribution in [-0.2, 0) is 37.1 Å². The molecule has 1 aliphatic rings. The van der Waals surface area contributed by atoms with Gasteiger partial charge in [0.2, 0.25) is 6.10 Å². The average Bonchev–Trinajstić information content (AvgIpc) is 3.40. The summed E-state index contributed by atoms with van der Waals surface area (Å²) >= 11 is 1.34. The summed E-state index contributed by atoms with van der Waals surface area (Å²) in [5.41, 5.74) is 3.97. The Labute approximate surface area is 266 Å². The van der Waals surface area contributed by atoms with Crippen molar-refractivity contribution in [3.05, 3.63) is 111 Å². The van der Waals surface area contributed by atoms with Gasteiger partial charge in [-0.3, -0.25) is 9.52 Å². The maximum atomic E-state index is 13.7. The predicted molar refractivity (Wildman–Crippen MR) is 173 cm³/mol. The molecule has 0 aliphatic heterocycles. The highest BCUT2D eigenvalue weighted by atomic mass is 32.2. The standard InChI is InChI=1S/C34H34N2O7S2/c1-4-42-34(39)29-26-14-8-9-16-28(26)44-32(29)35-31(37)30(23-12-6-5-7-13-23)43-33(38)24-17-19-25(20-18-24)45(40,41)36-27-15-10-11-21(2)22(27)3/h5-7,10-13,15,17-20,30,36H,4,8-9,14,16H2,1-3H3,(H,35,37)/t30-/m1/s1. The second kappa shape index (κ2) is 13.7. The van der Waals surface area contributed by atoms with E-state index in [-0.39, 0.29) is 17.1 Å². The van der Waals surface area contributed by atoms with Crippen molar-refractivity contribution in [3.8, 4) is 0 Å². The summed E-state index contributed by atoms with van der Waals surface area (Å²) in [6, 6.07) is 19.2. The predicted octanol–water partition coefficient (Wildman–Crippen LogP) is 6.76. The van der Waals surface area contributed by atoms with Crippen LogP contribution in [0.25, 0.3) is 0 Å². The van der Waals surface area contributed by atoms with Gasteiger partial charge in [0.25, 0.3) is 15.9 Å². The number of carbonyl (C=O) groups excluding carboxylic acids is 3. The van der Waals surface area contributed by atoms with Crippen molar-refractivity contribution in [1.29, 1.82) is 0 Å². The van der Waals surface area contributed by atoms with Gasteiger partial charge in [0.1, 0.15) is 5.00 Å². The number of anilines is 2. The van der Waals surface area contributed by atoms with Crippen LogP contribution in [-0.4, -0.2) is 32.9 Å². The van der Waals surface area contributed by atoms with Crippen LogP contribution >= 0.6 is 11.3 Å². The van der Waals surface area contributed by atoms with Crippen LogP contribution < -0.4 is 10.0 Å². The fourth-order valence-corrected chi connectivity index (χ4v) is 7.57. The van der Waals surface area contributed by atoms with Crippen molar-refractivity contribution in [2.24, 2.45) is 0 Å². The molecule has 1 aliphatic carbocycles. The summed E-state index contributed by atoms with van der Waals surface area (Å²) < 4.78 is 39.7. The Morgan fingerprint density at radius 2 is 1.60 bits per heavy atom. The van der Waals surface area contributed by atoms with Crippen molar-refractivity contribution in [2.45, 2.75) is 57.5 Å². The summed E-state index contributed by atoms with van der Waals surface area (Å²) in [6.07, 6.45) is 2.12. The van der Waals surface area contributed by atoms with Gasteiger partial charge in [0, 0.05) is 10.4 Å². The second-order valence-electron chi connectivity index (χ2n) is 10.7. The van der Waals surface area contributed by atoms with E-state index in [4.69, 9.17) is 9.47 Å². The summed E-state index contributed by atoms with van der Waals surface area (Å²) in [5, 5.41) is 3.21. The highest BCUT2D eigenvalue weighted by Gasteiger charge is 2.31. The average molecular weight is 647 g/mol. The summed E-state index contributed by atoms with van der Waals surface area (Å²) in [4.78, 5) is 40.9. The number of benzene rings is 3. The van der Waals surface area contributed by atoms with Gasteiger partial charge in [0.15, 0.2) is 0 Å². The molecule has 5 rings (SSSR count). The zero-order valence-corrected chi connectivity index (χ0v) is 26.8. The maximum Gasteiger partial charge on any atom is 0.341 e. The number of hydrogen-bond acceptors (Lipinski definition) is 8. The smallest absolute Gasteiger partial charge is 0.341 e. The fourth-order valence-electron chi connectivity index (χ4n) is 5.16. The van der Waals surface area contributed by atoms with Crippen LogP contribution in [0.4, 0.5) is 10.7 Å². The highest BCUT2D eigenvalue weighted by Crippen LogP contribution is 2.39. The van der Waals surface area contributed by atoms with Crippen LogP contribution in [0.5, 0.6) is 0 Å². The molecule has 2 N–H and O–H groups in total. The van der Waals surface area contributed by atoms with Gasteiger partial charge in [0.05, 0.1) is 28.3 Å². The minimum atomic E-state index is -3.93. The molecule has 45 heavy (non-hydrogen) atoms. The van der Waals surface area contributed by atoms with Crippen molar-refractivity contribution < 1.29 is 32.3 Å². The molecule has 0 bridgehead atoms. The number of hydrogen-bond donors (Lipinski definition) is 2. The number of nitrogens with one attached hydrogen (secondary N) is 2. The number of carbonyl (C=O) groups is 3. The number of ether oxygens (including phenoxy) is 2. The molecule has 0 radical (unpaired) electrons. The first kappa shape index (κ1) is 31.9. The van der Waals surface area contributed by atoms with Crippen LogP contribution in [0.3, 0.4) is 0 Å². The number of rotatable bonds is 10. The molecule has 1 aromatic heterocycles. The molecular formula is C34H34N2O7S2. The van der Waals surface area contributed by atoms with Crippen LogP contribution in [0.15, 0.2) is 77.7 Å². The first-order valence-corrected chi connectivity index (χ1v) is 17.0. The zero-order valence-electron chi connectivity index (χ0n) is 25.2. The number of esters is 2. The van der Waals surface area contributed by atoms with E-state index in [1.165, 1.54) is 35.6 Å². The molecule has 0 spiro atoms. The van der Waals surface area contributed by atoms with E-state index in [1.54, 1.807) is 49.4 Å². The molecule has 1 atom stereocenters. The Morgan fingerprint density at radius 1 is 0.889 bits per heavy atom. The first-order valence-electron chi connectivity index (χ1n) is 14.7. The molecule has 0 saturated heterocycles. The van der Waals surface area contributed by atoms with E-state index >= 15 is 0 Å². The van der Waals surface area contributed by atoms with Crippen molar-refractivity contribution in [2.75, 3.05) is 16.6 Å². The third kappa shape index (κ3) is 7.10. The van der Waals surface area contributed by atoms with E-state index in [9.17, 15) is 22.8 Å². The molecule has 11 heteroatoms. The molecule has 1 heterocycles. The Balaban J connectivity index is 1.37. The second-order valence-corrected chi connectivity index (χ2v) is 13.5. The minimum Gasteiger partial charge on any atom is -0.462 e. The van der Waals surface area contributed by atoms with E-state index in [2.05, 4.69) is 10.0 Å². The lowest BCUT2D eigenvalue weighted by atomic mass is 9.95. The SMILES string of the molecule is CCOC(=O)c1c(NC(=O)[C@H](OC(=O)c2ccc(S(=O)(=O)Nc3cccc(C)c3C)cc2)c2ccccc2)sc2c1CCCC2. The van der Waals surface area contributed by atoms with Crippen molar-refractivity contribution in [1.82, 2.24) is 0 Å². The van der Waals surface area contributed by atoms with E-state index in [0.29, 0.717) is 21.8 Å². The molecule has 4 aromatic rings. The quantitative estimate of drug-likeness (QED) is 0.182. The normalized spacial score (nSPS) is 13.3. The highest BCUT2D eigenvalue weighted by molar-refractivity contribution is 7.92. The van der Waals surface area contributed by atoms with Crippen LogP contribution in [0.2, 0.25) is 0 Å². The number of aryl methyl sites for hydroxylation is 2. The Kier molecular flexibility index (Phi) is 9.69. The Hall–Kier alpha value is -4.48. The van der Waals surface area contributed by atoms with E-state index in [0.717, 1.165) is 47.3 Å². The molecule has 9 nitrogen and oxygen atoms in total. The first-order chi connectivity index (χ1) is 21.6. The van der Waals surface area contributed by atoms with Crippen molar-refractivity contribution >= 4 is 49.9 Å². The van der Waals surface area contributed by atoms with Crippen LogP contribution in [0, 0.1) is 13.8 Å². The van der Waals surface area contributed by atoms with Gasteiger partial charge in [-0.25, -0.2) is 18.0 Å². The monoisotopic (exact) mass is 646 g/mol. The zero-order chi connectivity index (χ0) is 32.1. The molecule has 234 valence electrons. The molecule has 3 aromatic carbocycles. The minimum absolute atomic E-state index is 0.0366. The number of amides is 1. The van der Waals surface area contributed by atoms with E-state index in [1.807, 2.05) is 19.9 Å². The van der Waals surface area contributed by atoms with Gasteiger partial charge in [-0.15, -0.1) is 11.3 Å². The topological polar surface area (TPSA) is 128 Å². The lowest BCUT2D eigenvalue weighted by molar-refractivity contribution is -0.125. The lowest BCUT2D eigenvalue weighted by Gasteiger charge is -2.18. The molecule has 0 saturated carbocycles. The van der Waals surface area contributed by atoms with Gasteiger partial charge in [-0.2, -0.15) is 0 Å². The Bertz CT molecular complexity index is 1830. The number of sulfonamides is 1. The van der Waals surface area contributed by atoms with Crippen LogP contribution in [0.1, 0.15) is 73.7 Å². The number of fused-ring (bicyclic) bond motifs is 1. The van der Waals surface area contributed by atoms with Gasteiger partial charge < -0.3 is 14.8 Å². The van der Waals surface area contributed by atoms with Gasteiger partial charge in [-0.05, 0) is 93.5 Å². The fraction of sp³-hybridized carbons (Fsp3) is 0.265. The largest absolute Gasteiger partial charge is 0.462 e. The number of thiophene rings is 1. The lowest BCUT2D eigenvalue weighted by Crippen LogP contribution is -2.26. The maximum absolute atomic E-state index is 13.7. The third-order valence-electron chi connectivity index (χ3n) is 7.70.